The topological polar surface area (TPSA) is 49.4 Å². The number of halogens is 1. The Morgan fingerprint density at radius 3 is 2.41 bits per heavy atom. The predicted molar refractivity (Wildman–Crippen MR) is 61.1 cm³/mol. The van der Waals surface area contributed by atoms with Crippen LogP contribution >= 0.6 is 0 Å². The van der Waals surface area contributed by atoms with Crippen molar-refractivity contribution in [1.29, 1.82) is 0 Å². The van der Waals surface area contributed by atoms with Crippen molar-refractivity contribution in [2.75, 3.05) is 13.2 Å². The molecule has 0 aromatic heterocycles. The molecule has 0 aromatic rings. The molecule has 96 valence electrons. The lowest BCUT2D eigenvalue weighted by molar-refractivity contribution is -0.161. The second-order valence-electron chi connectivity index (χ2n) is 5.45. The van der Waals surface area contributed by atoms with Crippen LogP contribution in [0.15, 0.2) is 0 Å². The number of carbonyl (C=O) groups is 2. The van der Waals surface area contributed by atoms with E-state index in [4.69, 9.17) is 0 Å². The molecule has 1 N–H and O–H groups in total. The SMILES string of the molecule is CC1(C)C(=O)NC2(CCCC2)C(=O)N1CCF. The molecule has 5 heteroatoms. The van der Waals surface area contributed by atoms with E-state index >= 15 is 0 Å². The first-order valence-corrected chi connectivity index (χ1v) is 6.15. The monoisotopic (exact) mass is 242 g/mol. The standard InChI is InChI=1S/C12H19FN2O2/c1-11(2)9(16)14-12(5-3-4-6-12)10(17)15(11)8-7-13/h3-8H2,1-2H3,(H,14,16). The Kier molecular flexibility index (Phi) is 2.87. The van der Waals surface area contributed by atoms with Crippen molar-refractivity contribution in [3.63, 3.8) is 0 Å². The fourth-order valence-corrected chi connectivity index (χ4v) is 2.84. The van der Waals surface area contributed by atoms with Gasteiger partial charge in [-0.3, -0.25) is 9.59 Å². The van der Waals surface area contributed by atoms with E-state index in [0.717, 1.165) is 12.8 Å². The molecule has 0 atom stereocenters. The average Bonchev–Trinajstić information content (AvgIpc) is 2.72. The van der Waals surface area contributed by atoms with Gasteiger partial charge >= 0.3 is 0 Å². The van der Waals surface area contributed by atoms with Gasteiger partial charge in [-0.05, 0) is 26.7 Å². The summed E-state index contributed by atoms with van der Waals surface area (Å²) in [5.41, 5.74) is -1.70. The number of nitrogens with one attached hydrogen (secondary N) is 1. The van der Waals surface area contributed by atoms with E-state index in [-0.39, 0.29) is 18.4 Å². The van der Waals surface area contributed by atoms with Gasteiger partial charge in [0.25, 0.3) is 0 Å². The van der Waals surface area contributed by atoms with E-state index in [2.05, 4.69) is 5.32 Å². The Bertz CT molecular complexity index is 348. The molecule has 0 bridgehead atoms. The minimum Gasteiger partial charge on any atom is -0.340 e. The van der Waals surface area contributed by atoms with Crippen molar-refractivity contribution in [2.24, 2.45) is 0 Å². The van der Waals surface area contributed by atoms with Gasteiger partial charge < -0.3 is 10.2 Å². The minimum atomic E-state index is -0.947. The van der Waals surface area contributed by atoms with Crippen molar-refractivity contribution in [2.45, 2.75) is 50.6 Å². The molecule has 1 saturated heterocycles. The lowest BCUT2D eigenvalue weighted by atomic mass is 9.86. The normalized spacial score (nSPS) is 26.4. The number of nitrogens with zero attached hydrogens (tertiary/aromatic N) is 1. The third kappa shape index (κ3) is 1.72. The maximum absolute atomic E-state index is 12.6. The van der Waals surface area contributed by atoms with Gasteiger partial charge in [-0.2, -0.15) is 0 Å². The number of piperazine rings is 1. The van der Waals surface area contributed by atoms with Crippen molar-refractivity contribution in [3.8, 4) is 0 Å². The smallest absolute Gasteiger partial charge is 0.249 e. The van der Waals surface area contributed by atoms with Crippen molar-refractivity contribution in [3.05, 3.63) is 0 Å². The highest BCUT2D eigenvalue weighted by atomic mass is 19.1. The van der Waals surface area contributed by atoms with Gasteiger partial charge in [-0.15, -0.1) is 0 Å². The first kappa shape index (κ1) is 12.3. The molecular formula is C12H19FN2O2. The van der Waals surface area contributed by atoms with E-state index in [9.17, 15) is 14.0 Å². The highest BCUT2D eigenvalue weighted by Crippen LogP contribution is 2.37. The molecule has 0 unspecified atom stereocenters. The second-order valence-corrected chi connectivity index (χ2v) is 5.45. The quantitative estimate of drug-likeness (QED) is 0.785. The molecular weight excluding hydrogens is 223 g/mol. The number of carbonyl (C=O) groups excluding carboxylic acids is 2. The molecule has 2 amide bonds. The molecule has 2 aliphatic rings. The number of hydrogen-bond donors (Lipinski definition) is 1. The summed E-state index contributed by atoms with van der Waals surface area (Å²) in [7, 11) is 0. The summed E-state index contributed by atoms with van der Waals surface area (Å²) in [5.74, 6) is -0.287. The van der Waals surface area contributed by atoms with E-state index in [1.165, 1.54) is 4.90 Å². The Morgan fingerprint density at radius 2 is 1.88 bits per heavy atom. The van der Waals surface area contributed by atoms with Crippen molar-refractivity contribution in [1.82, 2.24) is 10.2 Å². The summed E-state index contributed by atoms with van der Waals surface area (Å²) in [4.78, 5) is 25.9. The van der Waals surface area contributed by atoms with Crippen molar-refractivity contribution < 1.29 is 14.0 Å². The van der Waals surface area contributed by atoms with Crippen LogP contribution in [0.5, 0.6) is 0 Å². The van der Waals surface area contributed by atoms with E-state index in [0.29, 0.717) is 12.8 Å². The van der Waals surface area contributed by atoms with Crippen LogP contribution < -0.4 is 5.32 Å². The summed E-state index contributed by atoms with van der Waals surface area (Å²) in [5, 5.41) is 2.87. The van der Waals surface area contributed by atoms with Crippen molar-refractivity contribution >= 4 is 11.8 Å². The van der Waals surface area contributed by atoms with Crippen LogP contribution in [0.1, 0.15) is 39.5 Å². The zero-order valence-electron chi connectivity index (χ0n) is 10.4. The average molecular weight is 242 g/mol. The molecule has 1 saturated carbocycles. The van der Waals surface area contributed by atoms with Gasteiger partial charge in [0.15, 0.2) is 0 Å². The largest absolute Gasteiger partial charge is 0.340 e. The molecule has 4 nitrogen and oxygen atoms in total. The summed E-state index contributed by atoms with van der Waals surface area (Å²) < 4.78 is 12.6. The highest BCUT2D eigenvalue weighted by Gasteiger charge is 2.55. The summed E-state index contributed by atoms with van der Waals surface area (Å²) in [6.07, 6.45) is 3.23. The lowest BCUT2D eigenvalue weighted by Crippen LogP contribution is -2.73. The zero-order valence-corrected chi connectivity index (χ0v) is 10.4. The number of amides is 2. The van der Waals surface area contributed by atoms with Gasteiger partial charge in [0.1, 0.15) is 17.8 Å². The van der Waals surface area contributed by atoms with Crippen LogP contribution in [-0.2, 0) is 9.59 Å². The van der Waals surface area contributed by atoms with Crippen LogP contribution in [0.3, 0.4) is 0 Å². The van der Waals surface area contributed by atoms with Crippen LogP contribution in [0.4, 0.5) is 4.39 Å². The van der Waals surface area contributed by atoms with Gasteiger partial charge in [0.2, 0.25) is 11.8 Å². The second kappa shape index (κ2) is 3.96. The summed E-state index contributed by atoms with van der Waals surface area (Å²) in [6.45, 7) is 2.72. The first-order chi connectivity index (χ1) is 7.94. The molecule has 0 radical (unpaired) electrons. The fourth-order valence-electron chi connectivity index (χ4n) is 2.84. The Hall–Kier alpha value is -1.13. The molecule has 1 aliphatic carbocycles. The molecule has 17 heavy (non-hydrogen) atoms. The molecule has 2 rings (SSSR count). The zero-order chi connectivity index (χ0) is 12.7. The minimum absolute atomic E-state index is 0.000995. The third-order valence-electron chi connectivity index (χ3n) is 4.00. The molecule has 1 heterocycles. The highest BCUT2D eigenvalue weighted by molar-refractivity contribution is 6.02. The third-order valence-corrected chi connectivity index (χ3v) is 4.00. The molecule has 1 aliphatic heterocycles. The predicted octanol–water partition coefficient (Wildman–Crippen LogP) is 1.01. The van der Waals surface area contributed by atoms with E-state index < -0.39 is 17.8 Å². The fraction of sp³-hybridized carbons (Fsp3) is 0.833. The molecule has 1 spiro atoms. The maximum atomic E-state index is 12.6. The van der Waals surface area contributed by atoms with Crippen LogP contribution in [0.25, 0.3) is 0 Å². The number of rotatable bonds is 2. The summed E-state index contributed by atoms with van der Waals surface area (Å²) >= 11 is 0. The molecule has 0 aromatic carbocycles. The van der Waals surface area contributed by atoms with Crippen LogP contribution in [0, 0.1) is 0 Å². The van der Waals surface area contributed by atoms with Crippen LogP contribution in [0.2, 0.25) is 0 Å². The number of hydrogen-bond acceptors (Lipinski definition) is 2. The Balaban J connectivity index is 2.33. The lowest BCUT2D eigenvalue weighted by Gasteiger charge is -2.48. The van der Waals surface area contributed by atoms with E-state index in [1.54, 1.807) is 13.8 Å². The van der Waals surface area contributed by atoms with Gasteiger partial charge in [0, 0.05) is 0 Å². The van der Waals surface area contributed by atoms with Gasteiger partial charge in [-0.25, -0.2) is 4.39 Å². The van der Waals surface area contributed by atoms with Gasteiger partial charge in [0.05, 0.1) is 6.54 Å². The number of alkyl halides is 1. The van der Waals surface area contributed by atoms with Crippen LogP contribution in [-0.4, -0.2) is 41.0 Å². The van der Waals surface area contributed by atoms with Gasteiger partial charge in [-0.1, -0.05) is 12.8 Å². The summed E-state index contributed by atoms with van der Waals surface area (Å²) in [6, 6.07) is 0. The molecule has 2 fully saturated rings. The maximum Gasteiger partial charge on any atom is 0.249 e. The Labute approximate surface area is 101 Å². The van der Waals surface area contributed by atoms with E-state index in [1.807, 2.05) is 0 Å². The first-order valence-electron chi connectivity index (χ1n) is 6.15. The Morgan fingerprint density at radius 1 is 1.29 bits per heavy atom.